The number of rotatable bonds is 8. The summed E-state index contributed by atoms with van der Waals surface area (Å²) in [5.41, 5.74) is 2.28. The minimum Gasteiger partial charge on any atom is -0.461 e. The molecular formula is C25H29N3O4. The Morgan fingerprint density at radius 3 is 1.72 bits per heavy atom. The largest absolute Gasteiger partial charge is 0.461 e. The van der Waals surface area contributed by atoms with Crippen LogP contribution in [-0.2, 0) is 30.1 Å². The third kappa shape index (κ3) is 5.11. The number of esters is 2. The zero-order chi connectivity index (χ0) is 22.5. The first-order valence-electron chi connectivity index (χ1n) is 10.8. The first-order valence-corrected chi connectivity index (χ1v) is 10.8. The van der Waals surface area contributed by atoms with Gasteiger partial charge in [0.25, 0.3) is 0 Å². The average molecular weight is 436 g/mol. The predicted octanol–water partition coefficient (Wildman–Crippen LogP) is 3.13. The van der Waals surface area contributed by atoms with Crippen LogP contribution in [0.1, 0.15) is 26.5 Å². The number of carbonyl (C=O) groups is 2. The molecule has 0 bridgehead atoms. The van der Waals surface area contributed by atoms with Crippen molar-refractivity contribution in [2.45, 2.75) is 6.54 Å². The van der Waals surface area contributed by atoms with Gasteiger partial charge in [-0.25, -0.2) is 9.59 Å². The van der Waals surface area contributed by atoms with Crippen molar-refractivity contribution < 1.29 is 19.1 Å². The molecule has 3 aromatic rings. The third-order valence-electron chi connectivity index (χ3n) is 6.06. The monoisotopic (exact) mass is 435 g/mol. The van der Waals surface area contributed by atoms with Crippen LogP contribution >= 0.6 is 0 Å². The highest BCUT2D eigenvalue weighted by Gasteiger charge is 2.35. The van der Waals surface area contributed by atoms with E-state index < -0.39 is 0 Å². The fraction of sp³-hybridized carbons (Fsp3) is 0.360. The normalized spacial score (nSPS) is 18.6. The molecule has 4 rings (SSSR count). The van der Waals surface area contributed by atoms with Crippen molar-refractivity contribution >= 4 is 11.9 Å². The fourth-order valence-electron chi connectivity index (χ4n) is 4.24. The van der Waals surface area contributed by atoms with E-state index in [-0.39, 0.29) is 23.8 Å². The predicted molar refractivity (Wildman–Crippen MR) is 120 cm³/mol. The summed E-state index contributed by atoms with van der Waals surface area (Å²) in [5.74, 6) is -0.495. The van der Waals surface area contributed by atoms with Gasteiger partial charge >= 0.3 is 11.9 Å². The lowest BCUT2D eigenvalue weighted by molar-refractivity contribution is 0.0280. The van der Waals surface area contributed by atoms with Crippen LogP contribution in [0, 0.1) is 11.8 Å². The van der Waals surface area contributed by atoms with Crippen LogP contribution < -0.4 is 0 Å². The van der Waals surface area contributed by atoms with E-state index in [0.29, 0.717) is 24.6 Å². The lowest BCUT2D eigenvalue weighted by atomic mass is 9.98. The van der Waals surface area contributed by atoms with Gasteiger partial charge in [-0.05, 0) is 29.8 Å². The molecular weight excluding hydrogens is 406 g/mol. The molecule has 168 valence electrons. The number of ether oxygens (including phenoxy) is 2. The van der Waals surface area contributed by atoms with Crippen molar-refractivity contribution in [3.05, 3.63) is 83.9 Å². The Kier molecular flexibility index (Phi) is 6.75. The molecule has 0 radical (unpaired) electrons. The van der Waals surface area contributed by atoms with E-state index in [1.807, 2.05) is 56.8 Å². The zero-order valence-electron chi connectivity index (χ0n) is 18.5. The molecule has 1 aliphatic heterocycles. The number of aryl methyl sites for hydroxylation is 2. The molecule has 1 fully saturated rings. The number of nitrogens with zero attached hydrogens (tertiary/aromatic N) is 3. The van der Waals surface area contributed by atoms with Gasteiger partial charge in [0.05, 0.1) is 13.2 Å². The molecule has 0 amide bonds. The summed E-state index contributed by atoms with van der Waals surface area (Å²) in [7, 11) is 3.64. The number of hydrogen-bond donors (Lipinski definition) is 0. The van der Waals surface area contributed by atoms with E-state index >= 15 is 0 Å². The minimum atomic E-state index is -0.335. The van der Waals surface area contributed by atoms with Crippen LogP contribution in [0.5, 0.6) is 0 Å². The van der Waals surface area contributed by atoms with Crippen molar-refractivity contribution in [1.82, 2.24) is 14.0 Å². The molecule has 1 saturated heterocycles. The number of hydrogen-bond acceptors (Lipinski definition) is 5. The van der Waals surface area contributed by atoms with Crippen LogP contribution in [-0.4, -0.2) is 52.3 Å². The smallest absolute Gasteiger partial charge is 0.354 e. The van der Waals surface area contributed by atoms with Gasteiger partial charge in [0, 0.05) is 58.0 Å². The first-order chi connectivity index (χ1) is 15.5. The molecule has 0 saturated carbocycles. The lowest BCUT2D eigenvalue weighted by Gasteiger charge is -2.18. The molecule has 32 heavy (non-hydrogen) atoms. The lowest BCUT2D eigenvalue weighted by Crippen LogP contribution is -2.26. The van der Waals surface area contributed by atoms with E-state index in [0.717, 1.165) is 19.6 Å². The number of likely N-dealkylation sites (tertiary alicyclic amines) is 1. The minimum absolute atomic E-state index is 0.0872. The summed E-state index contributed by atoms with van der Waals surface area (Å²) >= 11 is 0. The highest BCUT2D eigenvalue weighted by atomic mass is 16.5. The average Bonchev–Trinajstić information content (AvgIpc) is 3.51. The first kappa shape index (κ1) is 21.9. The van der Waals surface area contributed by atoms with E-state index in [1.165, 1.54) is 5.56 Å². The number of benzene rings is 1. The van der Waals surface area contributed by atoms with E-state index in [9.17, 15) is 9.59 Å². The Morgan fingerprint density at radius 2 is 1.28 bits per heavy atom. The van der Waals surface area contributed by atoms with Crippen LogP contribution in [0.3, 0.4) is 0 Å². The maximum atomic E-state index is 12.5. The summed E-state index contributed by atoms with van der Waals surface area (Å²) in [6.45, 7) is 2.96. The topological polar surface area (TPSA) is 65.7 Å². The van der Waals surface area contributed by atoms with E-state index in [4.69, 9.17) is 9.47 Å². The number of aromatic nitrogens is 2. The van der Waals surface area contributed by atoms with Gasteiger partial charge < -0.3 is 18.6 Å². The van der Waals surface area contributed by atoms with Gasteiger partial charge in [-0.15, -0.1) is 0 Å². The molecule has 0 N–H and O–H groups in total. The SMILES string of the molecule is Cn1cccc1C(=O)OC[C@H]1CN(Cc2ccccc2)C[C@@H]1COC(=O)c1cccn1C. The van der Waals surface area contributed by atoms with Crippen molar-refractivity contribution in [2.75, 3.05) is 26.3 Å². The number of carbonyl (C=O) groups excluding carboxylic acids is 2. The van der Waals surface area contributed by atoms with Gasteiger partial charge in [0.1, 0.15) is 11.4 Å². The maximum absolute atomic E-state index is 12.5. The summed E-state index contributed by atoms with van der Waals surface area (Å²) < 4.78 is 14.8. The molecule has 7 nitrogen and oxygen atoms in total. The molecule has 0 spiro atoms. The second kappa shape index (κ2) is 9.87. The summed E-state index contributed by atoms with van der Waals surface area (Å²) in [6, 6.07) is 17.4. The van der Waals surface area contributed by atoms with Crippen molar-refractivity contribution in [1.29, 1.82) is 0 Å². The molecule has 2 aromatic heterocycles. The molecule has 2 atom stereocenters. The second-order valence-electron chi connectivity index (χ2n) is 8.41. The quantitative estimate of drug-likeness (QED) is 0.509. The Balaban J connectivity index is 1.39. The maximum Gasteiger partial charge on any atom is 0.354 e. The molecule has 1 aliphatic rings. The molecule has 3 heterocycles. The highest BCUT2D eigenvalue weighted by Crippen LogP contribution is 2.26. The highest BCUT2D eigenvalue weighted by molar-refractivity contribution is 5.88. The third-order valence-corrected chi connectivity index (χ3v) is 6.06. The summed E-state index contributed by atoms with van der Waals surface area (Å²) in [6.07, 6.45) is 3.64. The molecule has 1 aromatic carbocycles. The van der Waals surface area contributed by atoms with Gasteiger partial charge in [-0.2, -0.15) is 0 Å². The Bertz CT molecular complexity index is 992. The van der Waals surface area contributed by atoms with Crippen molar-refractivity contribution in [2.24, 2.45) is 25.9 Å². The van der Waals surface area contributed by atoms with Crippen LogP contribution in [0.4, 0.5) is 0 Å². The van der Waals surface area contributed by atoms with Crippen LogP contribution in [0.15, 0.2) is 67.0 Å². The van der Waals surface area contributed by atoms with Gasteiger partial charge in [-0.3, -0.25) is 4.90 Å². The Morgan fingerprint density at radius 1 is 0.781 bits per heavy atom. The Hall–Kier alpha value is -3.32. The fourth-order valence-corrected chi connectivity index (χ4v) is 4.24. The molecule has 0 unspecified atom stereocenters. The van der Waals surface area contributed by atoms with E-state index in [1.54, 1.807) is 21.3 Å². The van der Waals surface area contributed by atoms with Gasteiger partial charge in [0.15, 0.2) is 0 Å². The summed E-state index contributed by atoms with van der Waals surface area (Å²) in [4.78, 5) is 27.3. The Labute approximate surface area is 188 Å². The van der Waals surface area contributed by atoms with Crippen LogP contribution in [0.2, 0.25) is 0 Å². The second-order valence-corrected chi connectivity index (χ2v) is 8.41. The zero-order valence-corrected chi connectivity index (χ0v) is 18.5. The van der Waals surface area contributed by atoms with Gasteiger partial charge in [-0.1, -0.05) is 30.3 Å². The summed E-state index contributed by atoms with van der Waals surface area (Å²) in [5, 5.41) is 0. The van der Waals surface area contributed by atoms with Crippen molar-refractivity contribution in [3.63, 3.8) is 0 Å². The van der Waals surface area contributed by atoms with Crippen LogP contribution in [0.25, 0.3) is 0 Å². The van der Waals surface area contributed by atoms with Crippen molar-refractivity contribution in [3.8, 4) is 0 Å². The van der Waals surface area contributed by atoms with E-state index in [2.05, 4.69) is 17.0 Å². The van der Waals surface area contributed by atoms with Gasteiger partial charge in [0.2, 0.25) is 0 Å². The molecule has 7 heteroatoms. The standard InChI is InChI=1S/C25H29N3O4/c1-26-12-6-10-22(26)24(29)31-17-20-15-28(14-19-8-4-3-5-9-19)16-21(20)18-32-25(30)23-11-7-13-27(23)2/h3-13,20-21H,14-18H2,1-2H3/t20-,21-/m1/s1. The molecule has 0 aliphatic carbocycles.